The van der Waals surface area contributed by atoms with Gasteiger partial charge >= 0.3 is 6.18 Å². The van der Waals surface area contributed by atoms with Crippen molar-refractivity contribution < 1.29 is 17.9 Å². The van der Waals surface area contributed by atoms with E-state index in [1.54, 1.807) is 12.1 Å². The number of nitrogens with zero attached hydrogens (tertiary/aromatic N) is 2. The van der Waals surface area contributed by atoms with E-state index in [-0.39, 0.29) is 6.61 Å². The zero-order valence-corrected chi connectivity index (χ0v) is 17.0. The van der Waals surface area contributed by atoms with E-state index in [2.05, 4.69) is 16.9 Å². The van der Waals surface area contributed by atoms with Crippen LogP contribution in [0.4, 0.5) is 13.2 Å². The lowest BCUT2D eigenvalue weighted by Crippen LogP contribution is -2.05. The summed E-state index contributed by atoms with van der Waals surface area (Å²) >= 11 is 0. The van der Waals surface area contributed by atoms with E-state index in [1.165, 1.54) is 31.4 Å². The van der Waals surface area contributed by atoms with Crippen molar-refractivity contribution in [3.63, 3.8) is 0 Å². The molecule has 0 aliphatic carbocycles. The third-order valence-electron chi connectivity index (χ3n) is 4.82. The molecule has 0 fully saturated rings. The largest absolute Gasteiger partial charge is 0.489 e. The predicted octanol–water partition coefficient (Wildman–Crippen LogP) is 6.86. The lowest BCUT2D eigenvalue weighted by atomic mass is 10.1. The Labute approximate surface area is 175 Å². The molecule has 3 aromatic rings. The van der Waals surface area contributed by atoms with Crippen LogP contribution in [0.25, 0.3) is 11.4 Å². The smallest absolute Gasteiger partial charge is 0.416 e. The number of hydrogen-bond acceptors (Lipinski definition) is 3. The highest BCUT2D eigenvalue weighted by Gasteiger charge is 2.29. The van der Waals surface area contributed by atoms with Gasteiger partial charge in [0.2, 0.25) is 0 Å². The highest BCUT2D eigenvalue weighted by molar-refractivity contribution is 5.55. The summed E-state index contributed by atoms with van der Waals surface area (Å²) in [4.78, 5) is 8.91. The lowest BCUT2D eigenvalue weighted by molar-refractivity contribution is -0.137. The number of alkyl halides is 3. The summed E-state index contributed by atoms with van der Waals surface area (Å²) in [5.41, 5.74) is 2.04. The summed E-state index contributed by atoms with van der Waals surface area (Å²) in [5.74, 6) is 1.28. The second-order valence-electron chi connectivity index (χ2n) is 7.23. The molecule has 1 aromatic heterocycles. The molecule has 30 heavy (non-hydrogen) atoms. The van der Waals surface area contributed by atoms with Crippen molar-refractivity contribution >= 4 is 0 Å². The SMILES string of the molecule is CCCCCCc1cnc(-c2ccc(OCc3ccc(C(F)(F)F)cc3)cc2)nc1. The van der Waals surface area contributed by atoms with E-state index >= 15 is 0 Å². The summed E-state index contributed by atoms with van der Waals surface area (Å²) < 4.78 is 43.5. The van der Waals surface area contributed by atoms with Crippen LogP contribution in [-0.2, 0) is 19.2 Å². The molecule has 158 valence electrons. The highest BCUT2D eigenvalue weighted by Crippen LogP contribution is 2.29. The van der Waals surface area contributed by atoms with Gasteiger partial charge < -0.3 is 4.74 Å². The average molecular weight is 414 g/mol. The van der Waals surface area contributed by atoms with Crippen molar-refractivity contribution in [1.29, 1.82) is 0 Å². The van der Waals surface area contributed by atoms with Gasteiger partial charge in [-0.25, -0.2) is 9.97 Å². The Morgan fingerprint density at radius 3 is 2.07 bits per heavy atom. The molecule has 0 radical (unpaired) electrons. The second kappa shape index (κ2) is 10.2. The number of ether oxygens (including phenoxy) is 1. The molecule has 0 amide bonds. The van der Waals surface area contributed by atoms with Gasteiger partial charge in [-0.1, -0.05) is 38.3 Å². The molecule has 3 nitrogen and oxygen atoms in total. The van der Waals surface area contributed by atoms with Crippen LogP contribution in [-0.4, -0.2) is 9.97 Å². The third-order valence-corrected chi connectivity index (χ3v) is 4.82. The number of rotatable bonds is 9. The second-order valence-corrected chi connectivity index (χ2v) is 7.23. The fraction of sp³-hybridized carbons (Fsp3) is 0.333. The molecule has 0 saturated carbocycles. The molecule has 0 aliphatic rings. The average Bonchev–Trinajstić information content (AvgIpc) is 2.76. The maximum atomic E-state index is 12.6. The van der Waals surface area contributed by atoms with Gasteiger partial charge in [0.1, 0.15) is 12.4 Å². The van der Waals surface area contributed by atoms with E-state index in [1.807, 2.05) is 24.5 Å². The Morgan fingerprint density at radius 1 is 0.800 bits per heavy atom. The van der Waals surface area contributed by atoms with Crippen LogP contribution in [0.15, 0.2) is 60.9 Å². The first-order valence-electron chi connectivity index (χ1n) is 10.2. The summed E-state index contributed by atoms with van der Waals surface area (Å²) in [6.45, 7) is 2.39. The first-order chi connectivity index (χ1) is 14.5. The van der Waals surface area contributed by atoms with Crippen LogP contribution in [0.2, 0.25) is 0 Å². The number of aryl methyl sites for hydroxylation is 1. The third kappa shape index (κ3) is 6.31. The fourth-order valence-corrected chi connectivity index (χ4v) is 3.05. The van der Waals surface area contributed by atoms with Gasteiger partial charge in [0.15, 0.2) is 5.82 Å². The number of halogens is 3. The van der Waals surface area contributed by atoms with Crippen LogP contribution in [0.3, 0.4) is 0 Å². The topological polar surface area (TPSA) is 35.0 Å². The lowest BCUT2D eigenvalue weighted by Gasteiger charge is -2.09. The summed E-state index contributed by atoms with van der Waals surface area (Å²) in [6, 6.07) is 12.3. The standard InChI is InChI=1S/C24H25F3N2O/c1-2-3-4-5-6-19-15-28-23(29-16-19)20-9-13-22(14-10-20)30-17-18-7-11-21(12-8-18)24(25,26)27/h7-16H,2-6,17H2,1H3. The number of hydrogen-bond donors (Lipinski definition) is 0. The first-order valence-corrected chi connectivity index (χ1v) is 10.2. The Bertz CT molecular complexity index is 905. The van der Waals surface area contributed by atoms with E-state index < -0.39 is 11.7 Å². The van der Waals surface area contributed by atoms with Gasteiger partial charge in [-0.05, 0) is 60.4 Å². The molecule has 0 unspecified atom stereocenters. The van der Waals surface area contributed by atoms with Gasteiger partial charge in [0.05, 0.1) is 5.56 Å². The predicted molar refractivity (Wildman–Crippen MR) is 111 cm³/mol. The highest BCUT2D eigenvalue weighted by atomic mass is 19.4. The van der Waals surface area contributed by atoms with Crippen LogP contribution in [0, 0.1) is 0 Å². The number of aromatic nitrogens is 2. The van der Waals surface area contributed by atoms with Gasteiger partial charge in [0, 0.05) is 18.0 Å². The molecule has 0 N–H and O–H groups in total. The van der Waals surface area contributed by atoms with Crippen molar-refractivity contribution in [2.75, 3.05) is 0 Å². The van der Waals surface area contributed by atoms with Crippen molar-refractivity contribution in [2.24, 2.45) is 0 Å². The minimum absolute atomic E-state index is 0.195. The molecule has 0 saturated heterocycles. The zero-order valence-electron chi connectivity index (χ0n) is 17.0. The van der Waals surface area contributed by atoms with Crippen molar-refractivity contribution in [3.8, 4) is 17.1 Å². The Morgan fingerprint density at radius 2 is 1.47 bits per heavy atom. The van der Waals surface area contributed by atoms with E-state index in [4.69, 9.17) is 4.74 Å². The normalized spacial score (nSPS) is 11.5. The van der Waals surface area contributed by atoms with Crippen LogP contribution >= 0.6 is 0 Å². The minimum Gasteiger partial charge on any atom is -0.489 e. The molecule has 2 aromatic carbocycles. The van der Waals surface area contributed by atoms with Crippen molar-refractivity contribution in [1.82, 2.24) is 9.97 Å². The summed E-state index contributed by atoms with van der Waals surface area (Å²) in [7, 11) is 0. The molecule has 6 heteroatoms. The van der Waals surface area contributed by atoms with Crippen LogP contribution < -0.4 is 4.74 Å². The molecule has 0 aliphatic heterocycles. The Kier molecular flexibility index (Phi) is 7.44. The quantitative estimate of drug-likeness (QED) is 0.359. The van der Waals surface area contributed by atoms with Gasteiger partial charge in [0.25, 0.3) is 0 Å². The van der Waals surface area contributed by atoms with Crippen LogP contribution in [0.5, 0.6) is 5.75 Å². The van der Waals surface area contributed by atoms with E-state index in [0.717, 1.165) is 36.1 Å². The summed E-state index contributed by atoms with van der Waals surface area (Å²) in [5, 5.41) is 0. The number of unbranched alkanes of at least 4 members (excludes halogenated alkanes) is 3. The first kappa shape index (κ1) is 21.8. The zero-order chi connectivity index (χ0) is 21.4. The molecular formula is C24H25F3N2O. The fourth-order valence-electron chi connectivity index (χ4n) is 3.05. The Hall–Kier alpha value is -2.89. The summed E-state index contributed by atoms with van der Waals surface area (Å²) in [6.07, 6.45) is 5.29. The van der Waals surface area contributed by atoms with E-state index in [9.17, 15) is 13.2 Å². The minimum atomic E-state index is -4.33. The number of benzene rings is 2. The maximum absolute atomic E-state index is 12.6. The molecular weight excluding hydrogens is 389 g/mol. The van der Waals surface area contributed by atoms with Crippen LogP contribution in [0.1, 0.15) is 49.3 Å². The Balaban J connectivity index is 1.53. The molecule has 0 spiro atoms. The molecule has 0 atom stereocenters. The van der Waals surface area contributed by atoms with Crippen molar-refractivity contribution in [3.05, 3.63) is 77.6 Å². The maximum Gasteiger partial charge on any atom is 0.416 e. The van der Waals surface area contributed by atoms with Gasteiger partial charge in [-0.3, -0.25) is 0 Å². The van der Waals surface area contributed by atoms with E-state index in [0.29, 0.717) is 17.1 Å². The molecule has 1 heterocycles. The monoisotopic (exact) mass is 414 g/mol. The van der Waals surface area contributed by atoms with Gasteiger partial charge in [-0.2, -0.15) is 13.2 Å². The van der Waals surface area contributed by atoms with Gasteiger partial charge in [-0.15, -0.1) is 0 Å². The molecule has 3 rings (SSSR count). The molecule has 0 bridgehead atoms. The van der Waals surface area contributed by atoms with Crippen molar-refractivity contribution in [2.45, 2.75) is 51.8 Å².